The highest BCUT2D eigenvalue weighted by atomic mass is 79.9. The van der Waals surface area contributed by atoms with Crippen molar-refractivity contribution in [3.8, 4) is 0 Å². The Morgan fingerprint density at radius 2 is 2.15 bits per heavy atom. The van der Waals surface area contributed by atoms with Crippen molar-refractivity contribution < 1.29 is 18.3 Å². The number of allylic oxidation sites excluding steroid dienone is 1. The Bertz CT molecular complexity index is 613. The molecule has 1 N–H and O–H groups in total. The summed E-state index contributed by atoms with van der Waals surface area (Å²) < 4.78 is 26.2. The number of halogens is 1. The second-order valence-corrected chi connectivity index (χ2v) is 7.08. The van der Waals surface area contributed by atoms with Gasteiger partial charge in [-0.05, 0) is 47.0 Å². The van der Waals surface area contributed by atoms with Crippen LogP contribution < -0.4 is 0 Å². The first-order chi connectivity index (χ1) is 9.30. The van der Waals surface area contributed by atoms with Gasteiger partial charge in [0.25, 0.3) is 0 Å². The zero-order chi connectivity index (χ0) is 15.3. The van der Waals surface area contributed by atoms with Crippen LogP contribution in [0, 0.1) is 0 Å². The molecule has 0 spiro atoms. The lowest BCUT2D eigenvalue weighted by molar-refractivity contribution is 0.0696. The normalized spacial score (nSPS) is 11.6. The van der Waals surface area contributed by atoms with Crippen molar-refractivity contribution in [2.24, 2.45) is 0 Å². The number of sulfonamides is 1. The molecular weight excluding hydrogens is 346 g/mol. The van der Waals surface area contributed by atoms with Crippen LogP contribution in [0.2, 0.25) is 0 Å². The molecule has 0 aliphatic rings. The summed E-state index contributed by atoms with van der Waals surface area (Å²) in [5.74, 6) is -1.10. The zero-order valence-corrected chi connectivity index (χ0v) is 13.4. The molecule has 110 valence electrons. The first kappa shape index (κ1) is 16.9. The van der Waals surface area contributed by atoms with Crippen LogP contribution in [0.1, 0.15) is 23.2 Å². The molecule has 0 heterocycles. The minimum atomic E-state index is -3.63. The van der Waals surface area contributed by atoms with Gasteiger partial charge in [-0.2, -0.15) is 0 Å². The second kappa shape index (κ2) is 7.01. The van der Waals surface area contributed by atoms with E-state index in [0.717, 1.165) is 6.42 Å². The van der Waals surface area contributed by atoms with E-state index in [9.17, 15) is 13.2 Å². The number of benzene rings is 1. The summed E-state index contributed by atoms with van der Waals surface area (Å²) >= 11 is 3.12. The Morgan fingerprint density at radius 1 is 1.50 bits per heavy atom. The monoisotopic (exact) mass is 361 g/mol. The standard InChI is InChI=1S/C13H16BrNO4S/c1-3-4-5-8-15(2)20(18,19)12-7-6-10(13(16)17)9-11(12)14/h3,6-7,9H,1,4-5,8H2,2H3,(H,16,17). The summed E-state index contributed by atoms with van der Waals surface area (Å²) in [6.07, 6.45) is 3.15. The van der Waals surface area contributed by atoms with E-state index in [-0.39, 0.29) is 14.9 Å². The van der Waals surface area contributed by atoms with Gasteiger partial charge in [0, 0.05) is 18.1 Å². The molecule has 0 unspecified atom stereocenters. The molecule has 0 aliphatic carbocycles. The van der Waals surface area contributed by atoms with E-state index in [2.05, 4.69) is 22.5 Å². The first-order valence-electron chi connectivity index (χ1n) is 5.90. The lowest BCUT2D eigenvalue weighted by Crippen LogP contribution is -2.28. The van der Waals surface area contributed by atoms with Gasteiger partial charge in [0.15, 0.2) is 0 Å². The smallest absolute Gasteiger partial charge is 0.335 e. The minimum Gasteiger partial charge on any atom is -0.478 e. The quantitative estimate of drug-likeness (QED) is 0.598. The maximum atomic E-state index is 12.4. The van der Waals surface area contributed by atoms with Gasteiger partial charge < -0.3 is 5.11 Å². The van der Waals surface area contributed by atoms with Crippen molar-refractivity contribution in [2.45, 2.75) is 17.7 Å². The molecule has 0 radical (unpaired) electrons. The van der Waals surface area contributed by atoms with Gasteiger partial charge in [-0.3, -0.25) is 0 Å². The van der Waals surface area contributed by atoms with Crippen molar-refractivity contribution in [1.82, 2.24) is 4.31 Å². The van der Waals surface area contributed by atoms with Crippen LogP contribution in [0.4, 0.5) is 0 Å². The van der Waals surface area contributed by atoms with E-state index in [4.69, 9.17) is 5.11 Å². The van der Waals surface area contributed by atoms with E-state index in [1.807, 2.05) is 0 Å². The zero-order valence-electron chi connectivity index (χ0n) is 11.0. The third kappa shape index (κ3) is 3.91. The summed E-state index contributed by atoms with van der Waals surface area (Å²) in [6.45, 7) is 3.96. The molecule has 0 saturated carbocycles. The number of carbonyl (C=O) groups is 1. The maximum Gasteiger partial charge on any atom is 0.335 e. The number of hydrogen-bond donors (Lipinski definition) is 1. The summed E-state index contributed by atoms with van der Waals surface area (Å²) in [6, 6.07) is 3.86. The van der Waals surface area contributed by atoms with Crippen LogP contribution in [-0.4, -0.2) is 37.4 Å². The predicted octanol–water partition coefficient (Wildman–Crippen LogP) is 2.73. The Labute approximate surface area is 127 Å². The van der Waals surface area contributed by atoms with Crippen LogP contribution in [0.3, 0.4) is 0 Å². The van der Waals surface area contributed by atoms with Gasteiger partial charge >= 0.3 is 5.97 Å². The highest BCUT2D eigenvalue weighted by Crippen LogP contribution is 2.26. The number of aromatic carboxylic acids is 1. The fraction of sp³-hybridized carbons (Fsp3) is 0.308. The maximum absolute atomic E-state index is 12.4. The van der Waals surface area contributed by atoms with E-state index in [1.54, 1.807) is 6.08 Å². The molecule has 0 fully saturated rings. The van der Waals surface area contributed by atoms with Gasteiger partial charge in [0.1, 0.15) is 0 Å². The van der Waals surface area contributed by atoms with Crippen LogP contribution in [0.15, 0.2) is 40.2 Å². The van der Waals surface area contributed by atoms with Gasteiger partial charge in [-0.1, -0.05) is 6.08 Å². The molecule has 7 heteroatoms. The summed E-state index contributed by atoms with van der Waals surface area (Å²) in [7, 11) is -2.14. The van der Waals surface area contributed by atoms with Gasteiger partial charge in [-0.25, -0.2) is 17.5 Å². The minimum absolute atomic E-state index is 0.0325. The molecule has 0 bridgehead atoms. The molecular formula is C13H16BrNO4S. The topological polar surface area (TPSA) is 74.7 Å². The number of rotatable bonds is 7. The SMILES string of the molecule is C=CCCCN(C)S(=O)(=O)c1ccc(C(=O)O)cc1Br. The van der Waals surface area contributed by atoms with Crippen molar-refractivity contribution in [3.63, 3.8) is 0 Å². The third-order valence-electron chi connectivity index (χ3n) is 2.75. The molecule has 5 nitrogen and oxygen atoms in total. The lowest BCUT2D eigenvalue weighted by atomic mass is 10.2. The highest BCUT2D eigenvalue weighted by Gasteiger charge is 2.23. The lowest BCUT2D eigenvalue weighted by Gasteiger charge is -2.17. The van der Waals surface area contributed by atoms with E-state index in [1.165, 1.54) is 29.6 Å². The van der Waals surface area contributed by atoms with E-state index < -0.39 is 16.0 Å². The molecule has 1 aromatic rings. The van der Waals surface area contributed by atoms with E-state index >= 15 is 0 Å². The number of carboxylic acid groups (broad SMARTS) is 1. The Morgan fingerprint density at radius 3 is 2.65 bits per heavy atom. The summed E-state index contributed by atoms with van der Waals surface area (Å²) in [4.78, 5) is 10.9. The van der Waals surface area contributed by atoms with Crippen molar-refractivity contribution in [1.29, 1.82) is 0 Å². The van der Waals surface area contributed by atoms with Crippen molar-refractivity contribution in [2.75, 3.05) is 13.6 Å². The average Bonchev–Trinajstić information content (AvgIpc) is 2.38. The Kier molecular flexibility index (Phi) is 5.91. The fourth-order valence-electron chi connectivity index (χ4n) is 1.59. The van der Waals surface area contributed by atoms with E-state index in [0.29, 0.717) is 13.0 Å². The first-order valence-corrected chi connectivity index (χ1v) is 8.14. The largest absolute Gasteiger partial charge is 0.478 e. The molecule has 1 rings (SSSR count). The molecule has 1 aromatic carbocycles. The van der Waals surface area contributed by atoms with Gasteiger partial charge in [0.2, 0.25) is 10.0 Å². The Balaban J connectivity index is 3.03. The van der Waals surface area contributed by atoms with Crippen LogP contribution in [0.25, 0.3) is 0 Å². The van der Waals surface area contributed by atoms with Crippen LogP contribution in [0.5, 0.6) is 0 Å². The van der Waals surface area contributed by atoms with Gasteiger partial charge in [-0.15, -0.1) is 6.58 Å². The van der Waals surface area contributed by atoms with Crippen molar-refractivity contribution in [3.05, 3.63) is 40.9 Å². The molecule has 0 atom stereocenters. The van der Waals surface area contributed by atoms with Crippen LogP contribution in [-0.2, 0) is 10.0 Å². The highest BCUT2D eigenvalue weighted by molar-refractivity contribution is 9.10. The number of unbranched alkanes of at least 4 members (excludes halogenated alkanes) is 1. The third-order valence-corrected chi connectivity index (χ3v) is 5.58. The average molecular weight is 362 g/mol. The molecule has 20 heavy (non-hydrogen) atoms. The number of carboxylic acids is 1. The fourth-order valence-corrected chi connectivity index (χ4v) is 3.83. The number of hydrogen-bond acceptors (Lipinski definition) is 3. The molecule has 0 amide bonds. The summed E-state index contributed by atoms with van der Waals surface area (Å²) in [5, 5.41) is 8.87. The number of nitrogens with zero attached hydrogens (tertiary/aromatic N) is 1. The molecule has 0 saturated heterocycles. The molecule has 0 aromatic heterocycles. The molecule has 0 aliphatic heterocycles. The Hall–Kier alpha value is -1.18. The predicted molar refractivity (Wildman–Crippen MR) is 80.3 cm³/mol. The van der Waals surface area contributed by atoms with Crippen LogP contribution >= 0.6 is 15.9 Å². The summed E-state index contributed by atoms with van der Waals surface area (Å²) in [5.41, 5.74) is 0.0325. The second-order valence-electron chi connectivity index (χ2n) is 4.21. The van der Waals surface area contributed by atoms with Gasteiger partial charge in [0.05, 0.1) is 10.5 Å². The van der Waals surface area contributed by atoms with Crippen molar-refractivity contribution >= 4 is 31.9 Å².